The van der Waals surface area contributed by atoms with E-state index in [1.807, 2.05) is 6.26 Å². The van der Waals surface area contributed by atoms with Gasteiger partial charge < -0.3 is 4.42 Å². The van der Waals surface area contributed by atoms with Gasteiger partial charge in [0.2, 0.25) is 0 Å². The standard InChI is InChI=1S/C10H10O/c1-2-7-6-9(7)8-4-5-11-10(8)3-1/h1-2,4-5,7,9H,3,6H2. The summed E-state index contributed by atoms with van der Waals surface area (Å²) in [5.41, 5.74) is 1.46. The molecule has 1 saturated carbocycles. The maximum absolute atomic E-state index is 5.38. The Kier molecular flexibility index (Phi) is 0.916. The fraction of sp³-hybridized carbons (Fsp3) is 0.400. The summed E-state index contributed by atoms with van der Waals surface area (Å²) in [6.07, 6.45) is 8.72. The molecule has 2 aliphatic carbocycles. The van der Waals surface area contributed by atoms with Gasteiger partial charge in [-0.15, -0.1) is 0 Å². The first-order valence-electron chi connectivity index (χ1n) is 4.18. The van der Waals surface area contributed by atoms with Crippen LogP contribution < -0.4 is 0 Å². The zero-order chi connectivity index (χ0) is 7.26. The fourth-order valence-electron chi connectivity index (χ4n) is 1.98. The highest BCUT2D eigenvalue weighted by molar-refractivity contribution is 5.34. The molecule has 2 unspecified atom stereocenters. The van der Waals surface area contributed by atoms with Crippen LogP contribution in [0, 0.1) is 5.92 Å². The first-order valence-corrected chi connectivity index (χ1v) is 4.18. The Morgan fingerprint density at radius 3 is 3.45 bits per heavy atom. The summed E-state index contributed by atoms with van der Waals surface area (Å²) in [5, 5.41) is 0. The predicted molar refractivity (Wildman–Crippen MR) is 42.4 cm³/mol. The molecular formula is C10H10O. The molecule has 0 spiro atoms. The molecule has 1 aromatic rings. The average Bonchev–Trinajstić information content (AvgIpc) is 2.65. The molecule has 0 aromatic carbocycles. The van der Waals surface area contributed by atoms with E-state index < -0.39 is 0 Å². The Morgan fingerprint density at radius 1 is 1.45 bits per heavy atom. The number of furan rings is 1. The molecule has 0 radical (unpaired) electrons. The lowest BCUT2D eigenvalue weighted by atomic mass is 10.1. The molecule has 1 nitrogen and oxygen atoms in total. The highest BCUT2D eigenvalue weighted by Gasteiger charge is 2.39. The first kappa shape index (κ1) is 5.64. The van der Waals surface area contributed by atoms with Crippen LogP contribution in [-0.4, -0.2) is 0 Å². The highest BCUT2D eigenvalue weighted by atomic mass is 16.3. The van der Waals surface area contributed by atoms with Gasteiger partial charge in [-0.05, 0) is 29.9 Å². The summed E-state index contributed by atoms with van der Waals surface area (Å²) < 4.78 is 5.38. The quantitative estimate of drug-likeness (QED) is 0.512. The van der Waals surface area contributed by atoms with Gasteiger partial charge in [-0.25, -0.2) is 0 Å². The molecule has 0 saturated heterocycles. The Hall–Kier alpha value is -0.980. The van der Waals surface area contributed by atoms with E-state index in [1.165, 1.54) is 17.7 Å². The molecule has 11 heavy (non-hydrogen) atoms. The zero-order valence-corrected chi connectivity index (χ0v) is 6.29. The van der Waals surface area contributed by atoms with Crippen LogP contribution in [0.25, 0.3) is 0 Å². The van der Waals surface area contributed by atoms with Gasteiger partial charge in [-0.2, -0.15) is 0 Å². The van der Waals surface area contributed by atoms with Crippen LogP contribution in [0.5, 0.6) is 0 Å². The van der Waals surface area contributed by atoms with Crippen LogP contribution >= 0.6 is 0 Å². The van der Waals surface area contributed by atoms with Crippen molar-refractivity contribution >= 4 is 0 Å². The van der Waals surface area contributed by atoms with Crippen LogP contribution in [0.4, 0.5) is 0 Å². The summed E-state index contributed by atoms with van der Waals surface area (Å²) in [6, 6.07) is 2.13. The second-order valence-corrected chi connectivity index (χ2v) is 3.44. The highest BCUT2D eigenvalue weighted by Crippen LogP contribution is 2.51. The summed E-state index contributed by atoms with van der Waals surface area (Å²) in [6.45, 7) is 0. The van der Waals surface area contributed by atoms with E-state index in [9.17, 15) is 0 Å². The molecule has 1 heteroatoms. The lowest BCUT2D eigenvalue weighted by Crippen LogP contribution is -1.82. The smallest absolute Gasteiger partial charge is 0.110 e. The van der Waals surface area contributed by atoms with Crippen LogP contribution in [0.2, 0.25) is 0 Å². The van der Waals surface area contributed by atoms with E-state index in [0.717, 1.165) is 18.3 Å². The van der Waals surface area contributed by atoms with Gasteiger partial charge in [0.1, 0.15) is 5.76 Å². The minimum Gasteiger partial charge on any atom is -0.469 e. The molecule has 1 fully saturated rings. The molecule has 56 valence electrons. The van der Waals surface area contributed by atoms with E-state index in [1.54, 1.807) is 0 Å². The lowest BCUT2D eigenvalue weighted by Gasteiger charge is -1.93. The van der Waals surface area contributed by atoms with Crippen LogP contribution in [0.1, 0.15) is 23.7 Å². The largest absolute Gasteiger partial charge is 0.469 e. The SMILES string of the molecule is C1=CC2CC2c2ccoc2C1. The number of fused-ring (bicyclic) bond motifs is 3. The van der Waals surface area contributed by atoms with Gasteiger partial charge in [-0.3, -0.25) is 0 Å². The third-order valence-electron chi connectivity index (χ3n) is 2.71. The molecule has 2 aliphatic rings. The minimum absolute atomic E-state index is 0.794. The maximum Gasteiger partial charge on any atom is 0.110 e. The van der Waals surface area contributed by atoms with E-state index in [0.29, 0.717) is 0 Å². The second-order valence-electron chi connectivity index (χ2n) is 3.44. The normalized spacial score (nSPS) is 32.4. The Morgan fingerprint density at radius 2 is 2.45 bits per heavy atom. The van der Waals surface area contributed by atoms with Crippen molar-refractivity contribution in [3.05, 3.63) is 35.8 Å². The van der Waals surface area contributed by atoms with Crippen molar-refractivity contribution in [1.82, 2.24) is 0 Å². The molecule has 1 heterocycles. The van der Waals surface area contributed by atoms with E-state index in [2.05, 4.69) is 18.2 Å². The van der Waals surface area contributed by atoms with Gasteiger partial charge in [-0.1, -0.05) is 12.2 Å². The van der Waals surface area contributed by atoms with Crippen LogP contribution in [0.3, 0.4) is 0 Å². The lowest BCUT2D eigenvalue weighted by molar-refractivity contribution is 0.519. The number of hydrogen-bond donors (Lipinski definition) is 0. The van der Waals surface area contributed by atoms with Gasteiger partial charge in [0.15, 0.2) is 0 Å². The summed E-state index contributed by atoms with van der Waals surface area (Å²) in [4.78, 5) is 0. The average molecular weight is 146 g/mol. The monoisotopic (exact) mass is 146 g/mol. The second kappa shape index (κ2) is 1.79. The third kappa shape index (κ3) is 0.710. The molecule has 0 aliphatic heterocycles. The summed E-state index contributed by atoms with van der Waals surface area (Å²) in [7, 11) is 0. The number of hydrogen-bond acceptors (Lipinski definition) is 1. The van der Waals surface area contributed by atoms with E-state index in [4.69, 9.17) is 4.42 Å². The van der Waals surface area contributed by atoms with Gasteiger partial charge >= 0.3 is 0 Å². The van der Waals surface area contributed by atoms with Crippen LogP contribution in [-0.2, 0) is 6.42 Å². The zero-order valence-electron chi connectivity index (χ0n) is 6.29. The molecule has 0 bridgehead atoms. The van der Waals surface area contributed by atoms with Gasteiger partial charge in [0.25, 0.3) is 0 Å². The number of allylic oxidation sites excluding steroid dienone is 2. The molecule has 3 rings (SSSR count). The predicted octanol–water partition coefficient (Wildman–Crippen LogP) is 2.50. The fourth-order valence-corrected chi connectivity index (χ4v) is 1.98. The Balaban J connectivity index is 2.14. The summed E-state index contributed by atoms with van der Waals surface area (Å²) in [5.74, 6) is 2.81. The maximum atomic E-state index is 5.38. The van der Waals surface area contributed by atoms with Crippen molar-refractivity contribution in [2.24, 2.45) is 5.92 Å². The topological polar surface area (TPSA) is 13.1 Å². The molecule has 0 amide bonds. The van der Waals surface area contributed by atoms with Crippen molar-refractivity contribution in [2.75, 3.05) is 0 Å². The first-order chi connectivity index (χ1) is 5.45. The van der Waals surface area contributed by atoms with Crippen molar-refractivity contribution in [2.45, 2.75) is 18.8 Å². The molecule has 1 aromatic heterocycles. The van der Waals surface area contributed by atoms with Gasteiger partial charge in [0, 0.05) is 6.42 Å². The van der Waals surface area contributed by atoms with E-state index in [-0.39, 0.29) is 0 Å². The molecule has 0 N–H and O–H groups in total. The minimum atomic E-state index is 0.794. The molecule has 2 atom stereocenters. The third-order valence-corrected chi connectivity index (χ3v) is 2.71. The Labute approximate surface area is 65.7 Å². The van der Waals surface area contributed by atoms with E-state index >= 15 is 0 Å². The number of rotatable bonds is 0. The van der Waals surface area contributed by atoms with Crippen LogP contribution in [0.15, 0.2) is 28.9 Å². The Bertz CT molecular complexity index is 308. The summed E-state index contributed by atoms with van der Waals surface area (Å²) >= 11 is 0. The van der Waals surface area contributed by atoms with Gasteiger partial charge in [0.05, 0.1) is 6.26 Å². The van der Waals surface area contributed by atoms with Crippen molar-refractivity contribution in [1.29, 1.82) is 0 Å². The van der Waals surface area contributed by atoms with Crippen molar-refractivity contribution in [3.8, 4) is 0 Å². The van der Waals surface area contributed by atoms with Crippen molar-refractivity contribution < 1.29 is 4.42 Å². The van der Waals surface area contributed by atoms with Crippen molar-refractivity contribution in [3.63, 3.8) is 0 Å². The molecular weight excluding hydrogens is 136 g/mol.